The molecule has 0 bridgehead atoms. The molecule has 1 unspecified atom stereocenters. The smallest absolute Gasteiger partial charge is 0.146 e. The monoisotopic (exact) mass is 306 g/mol. The van der Waals surface area contributed by atoms with Crippen LogP contribution in [0.5, 0.6) is 0 Å². The topological polar surface area (TPSA) is 55.0 Å². The Balaban J connectivity index is 1.79. The van der Waals surface area contributed by atoms with Crippen LogP contribution in [0.4, 0.5) is 10.2 Å². The first-order valence-corrected chi connectivity index (χ1v) is 7.28. The number of hydrogen-bond acceptors (Lipinski definition) is 4. The minimum absolute atomic E-state index is 0.160. The molecule has 4 nitrogen and oxygen atoms in total. The van der Waals surface area contributed by atoms with Gasteiger partial charge in [0.15, 0.2) is 0 Å². The minimum Gasteiger partial charge on any atom is -0.382 e. The summed E-state index contributed by atoms with van der Waals surface area (Å²) in [6.45, 7) is 1.46. The number of nitrogens with zero attached hydrogens (tertiary/aromatic N) is 3. The summed E-state index contributed by atoms with van der Waals surface area (Å²) < 4.78 is 13.9. The molecule has 110 valence electrons. The van der Waals surface area contributed by atoms with Crippen molar-refractivity contribution in [2.45, 2.75) is 25.4 Å². The second-order valence-electron chi connectivity index (χ2n) is 5.25. The first-order chi connectivity index (χ1) is 10.1. The van der Waals surface area contributed by atoms with Crippen LogP contribution in [0.25, 0.3) is 0 Å². The highest BCUT2D eigenvalue weighted by molar-refractivity contribution is 6.30. The second kappa shape index (κ2) is 5.95. The molecule has 1 saturated heterocycles. The Kier molecular flexibility index (Phi) is 4.03. The number of rotatable bonds is 3. The molecule has 2 aromatic rings. The van der Waals surface area contributed by atoms with E-state index in [0.717, 1.165) is 25.1 Å². The van der Waals surface area contributed by atoms with Gasteiger partial charge in [0.05, 0.1) is 11.7 Å². The van der Waals surface area contributed by atoms with E-state index in [1.807, 2.05) is 6.07 Å². The zero-order valence-electron chi connectivity index (χ0n) is 11.5. The molecule has 1 aromatic carbocycles. The summed E-state index contributed by atoms with van der Waals surface area (Å²) >= 11 is 5.79. The van der Waals surface area contributed by atoms with E-state index in [1.165, 1.54) is 6.07 Å². The lowest BCUT2D eigenvalue weighted by atomic mass is 10.1. The molecule has 0 spiro atoms. The van der Waals surface area contributed by atoms with E-state index < -0.39 is 0 Å². The van der Waals surface area contributed by atoms with Crippen molar-refractivity contribution in [1.82, 2.24) is 15.1 Å². The van der Waals surface area contributed by atoms with E-state index in [2.05, 4.69) is 15.1 Å². The first-order valence-electron chi connectivity index (χ1n) is 6.90. The third-order valence-corrected chi connectivity index (χ3v) is 4.03. The summed E-state index contributed by atoms with van der Waals surface area (Å²) in [5.74, 6) is 0.142. The SMILES string of the molecule is Nc1ccc(C2CCCN2Cc2ccc(Cl)cc2F)nn1. The molecule has 2 heterocycles. The molecule has 0 amide bonds. The van der Waals surface area contributed by atoms with Crippen molar-refractivity contribution in [3.63, 3.8) is 0 Å². The fraction of sp³-hybridized carbons (Fsp3) is 0.333. The fourth-order valence-electron chi connectivity index (χ4n) is 2.75. The quantitative estimate of drug-likeness (QED) is 0.946. The average Bonchev–Trinajstić information content (AvgIpc) is 2.91. The van der Waals surface area contributed by atoms with Crippen LogP contribution >= 0.6 is 11.6 Å². The average molecular weight is 307 g/mol. The predicted octanol–water partition coefficient (Wildman–Crippen LogP) is 3.19. The van der Waals surface area contributed by atoms with Crippen LogP contribution in [-0.4, -0.2) is 21.6 Å². The molecule has 2 N–H and O–H groups in total. The van der Waals surface area contributed by atoms with Crippen molar-refractivity contribution in [3.8, 4) is 0 Å². The molecule has 3 rings (SSSR count). The third kappa shape index (κ3) is 3.14. The van der Waals surface area contributed by atoms with E-state index in [4.69, 9.17) is 17.3 Å². The van der Waals surface area contributed by atoms with Crippen LogP contribution in [0.1, 0.15) is 30.1 Å². The van der Waals surface area contributed by atoms with Gasteiger partial charge < -0.3 is 5.73 Å². The molecule has 6 heteroatoms. The first kappa shape index (κ1) is 14.2. The summed E-state index contributed by atoms with van der Waals surface area (Å²) in [6, 6.07) is 8.61. The highest BCUT2D eigenvalue weighted by Crippen LogP contribution is 2.32. The van der Waals surface area contributed by atoms with Crippen LogP contribution in [0.2, 0.25) is 5.02 Å². The van der Waals surface area contributed by atoms with Crippen LogP contribution in [0.15, 0.2) is 30.3 Å². The Morgan fingerprint density at radius 1 is 1.29 bits per heavy atom. The number of halogens is 2. The van der Waals surface area contributed by atoms with Gasteiger partial charge in [-0.25, -0.2) is 4.39 Å². The molecular weight excluding hydrogens is 291 g/mol. The summed E-state index contributed by atoms with van der Waals surface area (Å²) in [4.78, 5) is 2.21. The van der Waals surface area contributed by atoms with Gasteiger partial charge in [-0.3, -0.25) is 4.90 Å². The molecule has 1 fully saturated rings. The molecule has 1 aliphatic heterocycles. The van der Waals surface area contributed by atoms with Crippen molar-refractivity contribution in [2.75, 3.05) is 12.3 Å². The number of likely N-dealkylation sites (tertiary alicyclic amines) is 1. The molecular formula is C15H16ClFN4. The van der Waals surface area contributed by atoms with Crippen LogP contribution in [-0.2, 0) is 6.54 Å². The molecule has 0 saturated carbocycles. The largest absolute Gasteiger partial charge is 0.382 e. The number of aromatic nitrogens is 2. The minimum atomic E-state index is -0.267. The maximum atomic E-state index is 13.9. The summed E-state index contributed by atoms with van der Waals surface area (Å²) in [7, 11) is 0. The Hall–Kier alpha value is -1.72. The Morgan fingerprint density at radius 2 is 2.14 bits per heavy atom. The van der Waals surface area contributed by atoms with Crippen molar-refractivity contribution < 1.29 is 4.39 Å². The van der Waals surface area contributed by atoms with Crippen LogP contribution < -0.4 is 5.73 Å². The summed E-state index contributed by atoms with van der Waals surface area (Å²) in [5, 5.41) is 8.48. The lowest BCUT2D eigenvalue weighted by molar-refractivity contribution is 0.240. The van der Waals surface area contributed by atoms with Crippen molar-refractivity contribution >= 4 is 17.4 Å². The Labute approximate surface area is 127 Å². The van der Waals surface area contributed by atoms with Crippen LogP contribution in [0, 0.1) is 5.82 Å². The summed E-state index contributed by atoms with van der Waals surface area (Å²) in [5.41, 5.74) is 7.10. The molecule has 0 radical (unpaired) electrons. The second-order valence-corrected chi connectivity index (χ2v) is 5.68. The zero-order chi connectivity index (χ0) is 14.8. The zero-order valence-corrected chi connectivity index (χ0v) is 12.2. The third-order valence-electron chi connectivity index (χ3n) is 3.80. The van der Waals surface area contributed by atoms with Gasteiger partial charge in [0.25, 0.3) is 0 Å². The fourth-order valence-corrected chi connectivity index (χ4v) is 2.91. The van der Waals surface area contributed by atoms with E-state index in [1.54, 1.807) is 18.2 Å². The van der Waals surface area contributed by atoms with E-state index in [0.29, 0.717) is 22.9 Å². The molecule has 1 aromatic heterocycles. The van der Waals surface area contributed by atoms with Gasteiger partial charge in [0.1, 0.15) is 11.6 Å². The van der Waals surface area contributed by atoms with Gasteiger partial charge in [-0.2, -0.15) is 5.10 Å². The molecule has 0 aliphatic carbocycles. The lowest BCUT2D eigenvalue weighted by Crippen LogP contribution is -2.24. The van der Waals surface area contributed by atoms with Gasteiger partial charge in [-0.15, -0.1) is 5.10 Å². The number of benzene rings is 1. The normalized spacial score (nSPS) is 19.0. The number of nitrogen functional groups attached to an aromatic ring is 1. The van der Waals surface area contributed by atoms with Crippen molar-refractivity contribution in [1.29, 1.82) is 0 Å². The van der Waals surface area contributed by atoms with E-state index >= 15 is 0 Å². The van der Waals surface area contributed by atoms with Crippen molar-refractivity contribution in [2.24, 2.45) is 0 Å². The highest BCUT2D eigenvalue weighted by atomic mass is 35.5. The van der Waals surface area contributed by atoms with Crippen LogP contribution in [0.3, 0.4) is 0 Å². The van der Waals surface area contributed by atoms with E-state index in [-0.39, 0.29) is 11.9 Å². The maximum Gasteiger partial charge on any atom is 0.146 e. The van der Waals surface area contributed by atoms with E-state index in [9.17, 15) is 4.39 Å². The highest BCUT2D eigenvalue weighted by Gasteiger charge is 2.28. The number of nitrogens with two attached hydrogens (primary N) is 1. The van der Waals surface area contributed by atoms with Gasteiger partial charge in [-0.05, 0) is 43.7 Å². The van der Waals surface area contributed by atoms with Crippen molar-refractivity contribution in [3.05, 3.63) is 52.4 Å². The number of hydrogen-bond donors (Lipinski definition) is 1. The Morgan fingerprint density at radius 3 is 2.86 bits per heavy atom. The summed E-state index contributed by atoms with van der Waals surface area (Å²) in [6.07, 6.45) is 2.06. The molecule has 1 aliphatic rings. The number of anilines is 1. The standard InChI is InChI=1S/C15H16ClFN4/c16-11-4-3-10(12(17)8-11)9-21-7-1-2-14(21)13-5-6-15(18)20-19-13/h3-6,8,14H,1-2,7,9H2,(H2,18,20). The van der Waals surface area contributed by atoms with Gasteiger partial charge >= 0.3 is 0 Å². The maximum absolute atomic E-state index is 13.9. The lowest BCUT2D eigenvalue weighted by Gasteiger charge is -2.24. The van der Waals surface area contributed by atoms with Gasteiger partial charge in [0.2, 0.25) is 0 Å². The molecule has 1 atom stereocenters. The molecule has 21 heavy (non-hydrogen) atoms. The van der Waals surface area contributed by atoms with Gasteiger partial charge in [0, 0.05) is 17.1 Å². The predicted molar refractivity (Wildman–Crippen MR) is 80.2 cm³/mol. The Bertz CT molecular complexity index is 632. The van der Waals surface area contributed by atoms with Gasteiger partial charge in [-0.1, -0.05) is 17.7 Å².